The molecule has 236 valence electrons. The normalized spacial score (nSPS) is 12.4. The Morgan fingerprint density at radius 3 is 1.76 bits per heavy atom. The van der Waals surface area contributed by atoms with Gasteiger partial charge in [-0.05, 0) is 214 Å². The van der Waals surface area contributed by atoms with Crippen molar-refractivity contribution in [1.29, 1.82) is 0 Å². The highest BCUT2D eigenvalue weighted by Crippen LogP contribution is 2.36. The van der Waals surface area contributed by atoms with Gasteiger partial charge in [0, 0.05) is 0 Å². The standard InChI is InChI=1S/C30H22I6N2O7/c31-17-5-13(1-3-25(17)43-16-11-19(33)27(39)20(34)12-16)8-24(38)30(42)45-26-4-2-15(10-18(26)32)44-28-21(35)6-14(7-22(28)36)9-23(37)29(40)41/h1-7,10-12,23-24,39H,8-9,37-38H2,(H,40,41)/t23-,24-/m0/s1. The molecule has 0 aliphatic carbocycles. The van der Waals surface area contributed by atoms with Gasteiger partial charge in [0.2, 0.25) is 0 Å². The molecule has 0 heterocycles. The molecule has 4 aromatic rings. The van der Waals surface area contributed by atoms with Gasteiger partial charge in [0.05, 0.1) is 21.4 Å². The summed E-state index contributed by atoms with van der Waals surface area (Å²) >= 11 is 12.6. The lowest BCUT2D eigenvalue weighted by Crippen LogP contribution is -2.36. The summed E-state index contributed by atoms with van der Waals surface area (Å²) in [6.45, 7) is 0. The molecule has 0 fully saturated rings. The second kappa shape index (κ2) is 16.8. The number of esters is 1. The molecule has 0 spiro atoms. The third-order valence-corrected chi connectivity index (χ3v) is 11.1. The summed E-state index contributed by atoms with van der Waals surface area (Å²) in [5.41, 5.74) is 13.6. The molecule has 0 saturated carbocycles. The van der Waals surface area contributed by atoms with Crippen LogP contribution in [-0.4, -0.2) is 34.2 Å². The Labute approximate surface area is 340 Å². The van der Waals surface area contributed by atoms with E-state index in [0.717, 1.165) is 21.8 Å². The van der Waals surface area contributed by atoms with Crippen LogP contribution in [0.15, 0.2) is 60.7 Å². The molecule has 0 bridgehead atoms. The molecular weight excluding hydrogens is 1260 g/mol. The predicted octanol–water partition coefficient (Wildman–Crippen LogP) is 8.03. The van der Waals surface area contributed by atoms with Crippen LogP contribution in [0.2, 0.25) is 0 Å². The van der Waals surface area contributed by atoms with E-state index in [1.165, 1.54) is 0 Å². The minimum atomic E-state index is -1.05. The Hall–Kier alpha value is -0.480. The number of aromatic hydroxyl groups is 1. The van der Waals surface area contributed by atoms with Crippen molar-refractivity contribution in [2.75, 3.05) is 0 Å². The Kier molecular flexibility index (Phi) is 13.9. The number of carboxylic acid groups (broad SMARTS) is 1. The van der Waals surface area contributed by atoms with Crippen LogP contribution in [0.4, 0.5) is 0 Å². The number of phenols is 1. The van der Waals surface area contributed by atoms with E-state index in [1.54, 1.807) is 30.3 Å². The molecule has 15 heteroatoms. The molecule has 45 heavy (non-hydrogen) atoms. The Morgan fingerprint density at radius 2 is 1.18 bits per heavy atom. The average Bonchev–Trinajstić information content (AvgIpc) is 2.96. The fourth-order valence-corrected chi connectivity index (χ4v) is 9.03. The van der Waals surface area contributed by atoms with Gasteiger partial charge in [0.1, 0.15) is 40.8 Å². The molecule has 6 N–H and O–H groups in total. The van der Waals surface area contributed by atoms with Gasteiger partial charge in [0.15, 0.2) is 5.75 Å². The lowest BCUT2D eigenvalue weighted by molar-refractivity contribution is -0.138. The number of halogens is 6. The number of hydrogen-bond acceptors (Lipinski definition) is 8. The van der Waals surface area contributed by atoms with Crippen molar-refractivity contribution in [3.05, 3.63) is 93.2 Å². The molecule has 0 aliphatic heterocycles. The molecule has 4 aromatic carbocycles. The summed E-state index contributed by atoms with van der Waals surface area (Å²) in [6.07, 6.45) is 0.479. The maximum Gasteiger partial charge on any atom is 0.328 e. The van der Waals surface area contributed by atoms with Crippen LogP contribution < -0.4 is 25.7 Å². The smallest absolute Gasteiger partial charge is 0.328 e. The van der Waals surface area contributed by atoms with E-state index < -0.39 is 24.0 Å². The summed E-state index contributed by atoms with van der Waals surface area (Å²) in [6, 6.07) is 16.0. The number of carboxylic acids is 1. The summed E-state index contributed by atoms with van der Waals surface area (Å²) in [7, 11) is 0. The number of ether oxygens (including phenoxy) is 3. The lowest BCUT2D eigenvalue weighted by atomic mass is 10.1. The zero-order valence-electron chi connectivity index (χ0n) is 22.7. The number of hydrogen-bond donors (Lipinski definition) is 4. The van der Waals surface area contributed by atoms with Crippen LogP contribution >= 0.6 is 136 Å². The van der Waals surface area contributed by atoms with Crippen molar-refractivity contribution in [3.63, 3.8) is 0 Å². The number of aliphatic carboxylic acids is 1. The van der Waals surface area contributed by atoms with E-state index >= 15 is 0 Å². The SMILES string of the molecule is N[C@@H](Cc1cc(I)c(Oc2ccc(OC(=O)[C@@H](N)Cc3ccc(Oc4cc(I)c(O)c(I)c4)c(I)c3)c(I)c2)c(I)c1)C(=O)O. The zero-order chi connectivity index (χ0) is 33.0. The van der Waals surface area contributed by atoms with Crippen LogP contribution in [-0.2, 0) is 22.4 Å². The Bertz CT molecular complexity index is 1730. The first-order valence-electron chi connectivity index (χ1n) is 12.8. The van der Waals surface area contributed by atoms with Crippen LogP contribution in [0.25, 0.3) is 0 Å². The van der Waals surface area contributed by atoms with Gasteiger partial charge >= 0.3 is 11.9 Å². The molecule has 0 aliphatic rings. The Morgan fingerprint density at radius 1 is 0.644 bits per heavy atom. The van der Waals surface area contributed by atoms with Gasteiger partial charge in [0.25, 0.3) is 0 Å². The molecule has 4 rings (SSSR count). The van der Waals surface area contributed by atoms with E-state index in [9.17, 15) is 14.7 Å². The zero-order valence-corrected chi connectivity index (χ0v) is 35.6. The summed E-state index contributed by atoms with van der Waals surface area (Å²) in [5.74, 6) is 1.40. The highest BCUT2D eigenvalue weighted by Gasteiger charge is 2.20. The highest BCUT2D eigenvalue weighted by molar-refractivity contribution is 14.1. The molecule has 0 aromatic heterocycles. The van der Waals surface area contributed by atoms with Crippen molar-refractivity contribution in [1.82, 2.24) is 0 Å². The van der Waals surface area contributed by atoms with E-state index in [4.69, 9.17) is 30.8 Å². The van der Waals surface area contributed by atoms with Gasteiger partial charge in [-0.3, -0.25) is 4.79 Å². The van der Waals surface area contributed by atoms with Crippen molar-refractivity contribution in [2.24, 2.45) is 11.5 Å². The van der Waals surface area contributed by atoms with Crippen molar-refractivity contribution in [2.45, 2.75) is 24.9 Å². The molecular formula is C30H22I6N2O7. The van der Waals surface area contributed by atoms with Crippen molar-refractivity contribution in [3.8, 4) is 34.5 Å². The lowest BCUT2D eigenvalue weighted by Gasteiger charge is -2.16. The summed E-state index contributed by atoms with van der Waals surface area (Å²) < 4.78 is 22.3. The molecule has 2 atom stereocenters. The van der Waals surface area contributed by atoms with Crippen LogP contribution in [0.5, 0.6) is 34.5 Å². The predicted molar refractivity (Wildman–Crippen MR) is 221 cm³/mol. The van der Waals surface area contributed by atoms with Gasteiger partial charge in [-0.1, -0.05) is 6.07 Å². The molecule has 0 amide bonds. The van der Waals surface area contributed by atoms with Crippen LogP contribution in [0, 0.1) is 21.4 Å². The first-order valence-corrected chi connectivity index (χ1v) is 19.2. The number of rotatable bonds is 11. The molecule has 0 radical (unpaired) electrons. The first-order chi connectivity index (χ1) is 21.2. The van der Waals surface area contributed by atoms with Crippen LogP contribution in [0.3, 0.4) is 0 Å². The summed E-state index contributed by atoms with van der Waals surface area (Å²) in [5, 5.41) is 19.1. The van der Waals surface area contributed by atoms with E-state index in [1.807, 2.05) is 30.3 Å². The fourth-order valence-electron chi connectivity index (χ4n) is 3.92. The van der Waals surface area contributed by atoms with Crippen LogP contribution in [0.1, 0.15) is 11.1 Å². The maximum absolute atomic E-state index is 12.9. The second-order valence-electron chi connectivity index (χ2n) is 9.57. The summed E-state index contributed by atoms with van der Waals surface area (Å²) in [4.78, 5) is 24.0. The first kappa shape index (κ1) is 37.3. The topological polar surface area (TPSA) is 154 Å². The highest BCUT2D eigenvalue weighted by atomic mass is 127. The minimum absolute atomic E-state index is 0.209. The number of phenolic OH excluding ortho intramolecular Hbond substituents is 1. The number of carbonyl (C=O) groups is 2. The quantitative estimate of drug-likeness (QED) is 0.0664. The van der Waals surface area contributed by atoms with Crippen molar-refractivity contribution >= 4 is 147 Å². The number of carbonyl (C=O) groups excluding carboxylic acids is 1. The second-order valence-corrected chi connectivity index (χ2v) is 16.5. The number of nitrogens with two attached hydrogens (primary N) is 2. The molecule has 0 unspecified atom stereocenters. The largest absolute Gasteiger partial charge is 0.506 e. The van der Waals surface area contributed by atoms with Gasteiger partial charge in [-0.2, -0.15) is 0 Å². The third-order valence-electron chi connectivity index (χ3n) is 6.14. The average molecular weight is 1280 g/mol. The maximum atomic E-state index is 12.9. The van der Waals surface area contributed by atoms with Gasteiger partial charge in [-0.15, -0.1) is 0 Å². The third kappa shape index (κ3) is 10.3. The van der Waals surface area contributed by atoms with E-state index in [-0.39, 0.29) is 18.6 Å². The monoisotopic (exact) mass is 1280 g/mol. The fraction of sp³-hybridized carbons (Fsp3) is 0.133. The minimum Gasteiger partial charge on any atom is -0.506 e. The van der Waals surface area contributed by atoms with Gasteiger partial charge in [-0.25, -0.2) is 4.79 Å². The van der Waals surface area contributed by atoms with E-state index in [0.29, 0.717) is 39.5 Å². The molecule has 9 nitrogen and oxygen atoms in total. The Balaban J connectivity index is 1.38. The molecule has 0 saturated heterocycles. The van der Waals surface area contributed by atoms with Crippen molar-refractivity contribution < 1.29 is 34.0 Å². The van der Waals surface area contributed by atoms with Gasteiger partial charge < -0.3 is 35.9 Å². The number of benzene rings is 4. The van der Waals surface area contributed by atoms with E-state index in [2.05, 4.69) is 136 Å².